The number of hydrogen-bond donors (Lipinski definition) is 2. The highest BCUT2D eigenvalue weighted by molar-refractivity contribution is 5.73. The van der Waals surface area contributed by atoms with Gasteiger partial charge in [0.05, 0.1) is 13.2 Å². The molecule has 8 nitrogen and oxygen atoms in total. The molecular formula is C24H29NO7. The van der Waals surface area contributed by atoms with Crippen LogP contribution in [0.1, 0.15) is 25.0 Å². The Morgan fingerprint density at radius 3 is 1.94 bits per heavy atom. The number of hydrogen-bond acceptors (Lipinski definition) is 7. The van der Waals surface area contributed by atoms with Crippen LogP contribution >= 0.6 is 0 Å². The number of esters is 1. The lowest BCUT2D eigenvalue weighted by atomic mass is 9.96. The number of aliphatic hydroxyl groups is 1. The van der Waals surface area contributed by atoms with Crippen molar-refractivity contribution in [1.82, 2.24) is 5.32 Å². The van der Waals surface area contributed by atoms with Crippen molar-refractivity contribution in [3.8, 4) is 0 Å². The molecule has 1 heterocycles. The minimum Gasteiger partial charge on any atom is -0.463 e. The van der Waals surface area contributed by atoms with Crippen LogP contribution in [0.5, 0.6) is 0 Å². The Bertz CT molecular complexity index is 861. The van der Waals surface area contributed by atoms with Gasteiger partial charge in [0.25, 0.3) is 0 Å². The molecule has 2 aromatic rings. The summed E-state index contributed by atoms with van der Waals surface area (Å²) >= 11 is 0. The molecule has 0 spiro atoms. The van der Waals surface area contributed by atoms with E-state index in [0.717, 1.165) is 11.1 Å². The Morgan fingerprint density at radius 1 is 0.906 bits per heavy atom. The van der Waals surface area contributed by atoms with Gasteiger partial charge in [0.2, 0.25) is 5.91 Å². The molecule has 1 aliphatic heterocycles. The molecule has 5 unspecified atom stereocenters. The molecule has 1 fully saturated rings. The highest BCUT2D eigenvalue weighted by Gasteiger charge is 2.47. The fraction of sp³-hybridized carbons (Fsp3) is 0.417. The predicted molar refractivity (Wildman–Crippen MR) is 115 cm³/mol. The molecule has 5 atom stereocenters. The quantitative estimate of drug-likeness (QED) is 0.571. The van der Waals surface area contributed by atoms with Crippen LogP contribution in [-0.4, -0.2) is 54.2 Å². The van der Waals surface area contributed by atoms with E-state index in [1.807, 2.05) is 60.7 Å². The molecule has 1 amide bonds. The lowest BCUT2D eigenvalue weighted by molar-refractivity contribution is -0.276. The Hall–Kier alpha value is -2.78. The van der Waals surface area contributed by atoms with Crippen LogP contribution in [0.2, 0.25) is 0 Å². The molecule has 2 aromatic carbocycles. The smallest absolute Gasteiger partial charge is 0.302 e. The first-order valence-corrected chi connectivity index (χ1v) is 10.5. The van der Waals surface area contributed by atoms with Crippen molar-refractivity contribution >= 4 is 11.9 Å². The number of rotatable bonds is 9. The van der Waals surface area contributed by atoms with Crippen LogP contribution in [0, 0.1) is 0 Å². The summed E-state index contributed by atoms with van der Waals surface area (Å²) in [4.78, 5) is 23.2. The first-order chi connectivity index (χ1) is 15.4. The average molecular weight is 443 g/mol. The maximum Gasteiger partial charge on any atom is 0.302 e. The third kappa shape index (κ3) is 6.86. The fourth-order valence-electron chi connectivity index (χ4n) is 3.58. The summed E-state index contributed by atoms with van der Waals surface area (Å²) in [5.74, 6) is -0.818. The zero-order valence-electron chi connectivity index (χ0n) is 18.2. The summed E-state index contributed by atoms with van der Waals surface area (Å²) in [6.07, 6.45) is -3.63. The van der Waals surface area contributed by atoms with Gasteiger partial charge in [-0.3, -0.25) is 9.59 Å². The summed E-state index contributed by atoms with van der Waals surface area (Å²) < 4.78 is 23.2. The highest BCUT2D eigenvalue weighted by atomic mass is 16.7. The minimum atomic E-state index is -1.36. The summed E-state index contributed by atoms with van der Waals surface area (Å²) in [6, 6.07) is 18.2. The first kappa shape index (κ1) is 23.9. The molecule has 0 aliphatic carbocycles. The summed E-state index contributed by atoms with van der Waals surface area (Å²) in [6.45, 7) is 3.01. The van der Waals surface area contributed by atoms with E-state index in [9.17, 15) is 14.7 Å². The predicted octanol–water partition coefficient (Wildman–Crippen LogP) is 1.94. The first-order valence-electron chi connectivity index (χ1n) is 10.5. The van der Waals surface area contributed by atoms with Crippen LogP contribution in [0.3, 0.4) is 0 Å². The van der Waals surface area contributed by atoms with E-state index in [2.05, 4.69) is 5.32 Å². The lowest BCUT2D eigenvalue weighted by Crippen LogP contribution is -2.65. The lowest BCUT2D eigenvalue weighted by Gasteiger charge is -2.44. The summed E-state index contributed by atoms with van der Waals surface area (Å²) in [5.41, 5.74) is 1.86. The second-order valence-corrected chi connectivity index (χ2v) is 7.62. The number of carbonyl (C=O) groups excluding carboxylic acids is 2. The van der Waals surface area contributed by atoms with Crippen LogP contribution in [-0.2, 0) is 41.8 Å². The van der Waals surface area contributed by atoms with Crippen LogP contribution in [0.4, 0.5) is 0 Å². The maximum atomic E-state index is 11.8. The van der Waals surface area contributed by atoms with Gasteiger partial charge in [0.1, 0.15) is 31.0 Å². The van der Waals surface area contributed by atoms with E-state index >= 15 is 0 Å². The Labute approximate surface area is 187 Å². The van der Waals surface area contributed by atoms with Gasteiger partial charge in [-0.15, -0.1) is 0 Å². The van der Waals surface area contributed by atoms with E-state index in [1.54, 1.807) is 0 Å². The van der Waals surface area contributed by atoms with Gasteiger partial charge in [-0.1, -0.05) is 60.7 Å². The van der Waals surface area contributed by atoms with Crippen molar-refractivity contribution in [2.45, 2.75) is 57.7 Å². The van der Waals surface area contributed by atoms with Crippen LogP contribution in [0.25, 0.3) is 0 Å². The third-order valence-electron chi connectivity index (χ3n) is 5.06. The molecule has 0 aromatic heterocycles. The van der Waals surface area contributed by atoms with Crippen LogP contribution < -0.4 is 5.32 Å². The minimum absolute atomic E-state index is 0.121. The zero-order valence-corrected chi connectivity index (χ0v) is 18.2. The van der Waals surface area contributed by atoms with Crippen molar-refractivity contribution in [3.05, 3.63) is 71.8 Å². The van der Waals surface area contributed by atoms with E-state index in [0.29, 0.717) is 0 Å². The van der Waals surface area contributed by atoms with Crippen LogP contribution in [0.15, 0.2) is 60.7 Å². The number of carbonyl (C=O) groups is 2. The zero-order chi connectivity index (χ0) is 22.9. The molecule has 0 bridgehead atoms. The number of aliphatic hydroxyl groups excluding tert-OH is 1. The van der Waals surface area contributed by atoms with Crippen molar-refractivity contribution in [2.24, 2.45) is 0 Å². The maximum absolute atomic E-state index is 11.8. The molecule has 1 aliphatic rings. The number of ether oxygens (including phenoxy) is 4. The van der Waals surface area contributed by atoms with Crippen molar-refractivity contribution in [2.75, 3.05) is 6.61 Å². The number of benzene rings is 2. The van der Waals surface area contributed by atoms with E-state index < -0.39 is 36.6 Å². The summed E-state index contributed by atoms with van der Waals surface area (Å²) in [7, 11) is 0. The molecule has 32 heavy (non-hydrogen) atoms. The molecule has 172 valence electrons. The van der Waals surface area contributed by atoms with Crippen molar-refractivity contribution < 1.29 is 33.6 Å². The van der Waals surface area contributed by atoms with Gasteiger partial charge in [-0.25, -0.2) is 0 Å². The topological polar surface area (TPSA) is 103 Å². The van der Waals surface area contributed by atoms with Gasteiger partial charge in [0.15, 0.2) is 6.29 Å². The second-order valence-electron chi connectivity index (χ2n) is 7.62. The third-order valence-corrected chi connectivity index (χ3v) is 5.06. The highest BCUT2D eigenvalue weighted by Crippen LogP contribution is 2.27. The van der Waals surface area contributed by atoms with Gasteiger partial charge in [-0.2, -0.15) is 0 Å². The van der Waals surface area contributed by atoms with Gasteiger partial charge in [0, 0.05) is 13.8 Å². The second kappa shape index (κ2) is 11.7. The SMILES string of the molecule is CC(=O)NC1C(O)OC(COC(C)=O)C(OCc2ccccc2)C1OCc1ccccc1. The van der Waals surface area contributed by atoms with Crippen molar-refractivity contribution in [3.63, 3.8) is 0 Å². The van der Waals surface area contributed by atoms with E-state index in [1.165, 1.54) is 13.8 Å². The Kier molecular flexibility index (Phi) is 8.75. The Balaban J connectivity index is 1.84. The standard InChI is InChI=1S/C24H29NO7/c1-16(26)25-21-23(31-14-19-11-7-4-8-12-19)22(30-13-18-9-5-3-6-10-18)20(32-24(21)28)15-29-17(2)27/h3-12,20-24,28H,13-15H2,1-2H3,(H,25,26). The van der Waals surface area contributed by atoms with E-state index in [-0.39, 0.29) is 25.7 Å². The molecule has 2 N–H and O–H groups in total. The normalized spacial score (nSPS) is 25.2. The van der Waals surface area contributed by atoms with Gasteiger partial charge >= 0.3 is 5.97 Å². The monoisotopic (exact) mass is 443 g/mol. The largest absolute Gasteiger partial charge is 0.463 e. The molecular weight excluding hydrogens is 414 g/mol. The molecule has 3 rings (SSSR count). The number of amides is 1. The number of nitrogens with one attached hydrogen (secondary N) is 1. The molecule has 0 saturated carbocycles. The molecule has 8 heteroatoms. The van der Waals surface area contributed by atoms with Gasteiger partial charge in [-0.05, 0) is 11.1 Å². The fourth-order valence-corrected chi connectivity index (χ4v) is 3.58. The van der Waals surface area contributed by atoms with Crippen molar-refractivity contribution in [1.29, 1.82) is 0 Å². The summed E-state index contributed by atoms with van der Waals surface area (Å²) in [5, 5.41) is 13.3. The average Bonchev–Trinajstić information content (AvgIpc) is 2.78. The molecule has 0 radical (unpaired) electrons. The van der Waals surface area contributed by atoms with Gasteiger partial charge < -0.3 is 29.4 Å². The van der Waals surface area contributed by atoms with E-state index in [4.69, 9.17) is 18.9 Å². The molecule has 1 saturated heterocycles. The Morgan fingerprint density at radius 2 is 1.44 bits per heavy atom.